The molecule has 2 N–H and O–H groups in total. The molecular formula is C12H14N2O3. The van der Waals surface area contributed by atoms with Gasteiger partial charge in [-0.15, -0.1) is 0 Å². The van der Waals surface area contributed by atoms with Crippen molar-refractivity contribution in [1.82, 2.24) is 10.6 Å². The molecule has 0 saturated carbocycles. The van der Waals surface area contributed by atoms with E-state index in [0.29, 0.717) is 30.3 Å². The third-order valence-electron chi connectivity index (χ3n) is 2.93. The zero-order chi connectivity index (χ0) is 11.7. The minimum Gasteiger partial charge on any atom is -0.486 e. The second kappa shape index (κ2) is 4.25. The van der Waals surface area contributed by atoms with Crippen molar-refractivity contribution in [2.75, 3.05) is 26.3 Å². The van der Waals surface area contributed by atoms with Crippen LogP contribution in [0.15, 0.2) is 18.2 Å². The minimum atomic E-state index is -0.0983. The second-order valence-electron chi connectivity index (χ2n) is 4.16. The molecule has 0 spiro atoms. The molecule has 3 rings (SSSR count). The number of fused-ring (bicyclic) bond motifs is 1. The first-order valence-electron chi connectivity index (χ1n) is 5.75. The van der Waals surface area contributed by atoms with Crippen molar-refractivity contribution < 1.29 is 14.3 Å². The highest BCUT2D eigenvalue weighted by Gasteiger charge is 2.24. The van der Waals surface area contributed by atoms with Crippen LogP contribution in [-0.2, 0) is 0 Å². The minimum absolute atomic E-state index is 0.0983. The Morgan fingerprint density at radius 3 is 2.88 bits per heavy atom. The van der Waals surface area contributed by atoms with Crippen LogP contribution in [0.1, 0.15) is 10.4 Å². The van der Waals surface area contributed by atoms with E-state index in [1.165, 1.54) is 0 Å². The summed E-state index contributed by atoms with van der Waals surface area (Å²) in [6.07, 6.45) is 0. The average molecular weight is 234 g/mol. The van der Waals surface area contributed by atoms with Gasteiger partial charge in [0.05, 0.1) is 11.6 Å². The van der Waals surface area contributed by atoms with E-state index in [1.54, 1.807) is 12.1 Å². The molecule has 2 aliphatic heterocycles. The first kappa shape index (κ1) is 10.4. The van der Waals surface area contributed by atoms with Crippen LogP contribution in [0, 0.1) is 0 Å². The molecule has 1 amide bonds. The molecule has 2 aliphatic rings. The van der Waals surface area contributed by atoms with E-state index in [1.807, 2.05) is 6.07 Å². The lowest BCUT2D eigenvalue weighted by Crippen LogP contribution is -2.56. The fourth-order valence-corrected chi connectivity index (χ4v) is 1.91. The summed E-state index contributed by atoms with van der Waals surface area (Å²) in [5.74, 6) is 1.11. The summed E-state index contributed by atoms with van der Waals surface area (Å²) in [5, 5.41) is 6.06. The largest absolute Gasteiger partial charge is 0.486 e. The molecule has 0 bridgehead atoms. The number of carbonyl (C=O) groups is 1. The average Bonchev–Trinajstić information content (AvgIpc) is 2.33. The van der Waals surface area contributed by atoms with Crippen LogP contribution in [0.4, 0.5) is 0 Å². The van der Waals surface area contributed by atoms with Gasteiger partial charge >= 0.3 is 0 Å². The molecule has 0 aromatic heterocycles. The highest BCUT2D eigenvalue weighted by molar-refractivity contribution is 5.98. The molecule has 0 radical (unpaired) electrons. The van der Waals surface area contributed by atoms with Gasteiger partial charge in [-0.1, -0.05) is 6.07 Å². The van der Waals surface area contributed by atoms with Gasteiger partial charge in [-0.3, -0.25) is 4.79 Å². The molecule has 0 aliphatic carbocycles. The molecule has 0 atom stereocenters. The zero-order valence-electron chi connectivity index (χ0n) is 9.36. The van der Waals surface area contributed by atoms with Gasteiger partial charge in [-0.05, 0) is 12.1 Å². The number of rotatable bonds is 2. The van der Waals surface area contributed by atoms with E-state index in [-0.39, 0.29) is 11.9 Å². The van der Waals surface area contributed by atoms with E-state index < -0.39 is 0 Å². The van der Waals surface area contributed by atoms with Gasteiger partial charge in [-0.25, -0.2) is 0 Å². The van der Waals surface area contributed by atoms with Crippen LogP contribution in [0.3, 0.4) is 0 Å². The van der Waals surface area contributed by atoms with Gasteiger partial charge in [0.2, 0.25) is 0 Å². The predicted octanol–water partition coefficient (Wildman–Crippen LogP) is 0.159. The fraction of sp³-hybridized carbons (Fsp3) is 0.417. The van der Waals surface area contributed by atoms with Crippen molar-refractivity contribution in [3.8, 4) is 11.5 Å². The van der Waals surface area contributed by atoms with Crippen molar-refractivity contribution in [2.45, 2.75) is 6.04 Å². The SMILES string of the molecule is O=C(NC1CNC1)c1cccc2c1OCCO2. The summed E-state index contributed by atoms with van der Waals surface area (Å²) in [5.41, 5.74) is 0.550. The maximum Gasteiger partial charge on any atom is 0.255 e. The molecule has 1 aromatic carbocycles. The summed E-state index contributed by atoms with van der Waals surface area (Å²) in [4.78, 5) is 12.0. The Morgan fingerprint density at radius 1 is 1.29 bits per heavy atom. The van der Waals surface area contributed by atoms with Crippen LogP contribution in [0.2, 0.25) is 0 Å². The second-order valence-corrected chi connectivity index (χ2v) is 4.16. The summed E-state index contributed by atoms with van der Waals surface area (Å²) in [7, 11) is 0. The molecule has 1 saturated heterocycles. The highest BCUT2D eigenvalue weighted by atomic mass is 16.6. The first-order valence-corrected chi connectivity index (χ1v) is 5.75. The summed E-state index contributed by atoms with van der Waals surface area (Å²) in [6, 6.07) is 5.61. The standard InChI is InChI=1S/C12H14N2O3/c15-12(14-8-6-13-7-8)9-2-1-3-10-11(9)17-5-4-16-10/h1-3,8,13H,4-7H2,(H,14,15). The van der Waals surface area contributed by atoms with Crippen molar-refractivity contribution in [1.29, 1.82) is 0 Å². The predicted molar refractivity (Wildman–Crippen MR) is 61.6 cm³/mol. The van der Waals surface area contributed by atoms with Crippen molar-refractivity contribution in [3.05, 3.63) is 23.8 Å². The van der Waals surface area contributed by atoms with Gasteiger partial charge in [0.15, 0.2) is 11.5 Å². The number of ether oxygens (including phenoxy) is 2. The quantitative estimate of drug-likeness (QED) is 0.765. The number of hydrogen-bond acceptors (Lipinski definition) is 4. The fourth-order valence-electron chi connectivity index (χ4n) is 1.91. The monoisotopic (exact) mass is 234 g/mol. The van der Waals surface area contributed by atoms with E-state index in [2.05, 4.69) is 10.6 Å². The van der Waals surface area contributed by atoms with Gasteiger partial charge in [-0.2, -0.15) is 0 Å². The van der Waals surface area contributed by atoms with Crippen LogP contribution < -0.4 is 20.1 Å². The number of nitrogens with one attached hydrogen (secondary N) is 2. The van der Waals surface area contributed by atoms with Crippen LogP contribution in [0.25, 0.3) is 0 Å². The Bertz CT molecular complexity index is 443. The van der Waals surface area contributed by atoms with E-state index in [9.17, 15) is 4.79 Å². The number of benzene rings is 1. The van der Waals surface area contributed by atoms with E-state index >= 15 is 0 Å². The van der Waals surface area contributed by atoms with Gasteiger partial charge in [0, 0.05) is 13.1 Å². The lowest BCUT2D eigenvalue weighted by atomic mass is 10.1. The van der Waals surface area contributed by atoms with Crippen LogP contribution in [0.5, 0.6) is 11.5 Å². The molecule has 90 valence electrons. The lowest BCUT2D eigenvalue weighted by molar-refractivity contribution is 0.0913. The number of para-hydroxylation sites is 1. The van der Waals surface area contributed by atoms with Crippen molar-refractivity contribution >= 4 is 5.91 Å². The maximum atomic E-state index is 12.0. The zero-order valence-corrected chi connectivity index (χ0v) is 9.36. The summed E-state index contributed by atoms with van der Waals surface area (Å²) in [6.45, 7) is 2.68. The Balaban J connectivity index is 1.83. The van der Waals surface area contributed by atoms with Crippen molar-refractivity contribution in [2.24, 2.45) is 0 Å². The van der Waals surface area contributed by atoms with E-state index in [0.717, 1.165) is 13.1 Å². The van der Waals surface area contributed by atoms with Gasteiger partial charge < -0.3 is 20.1 Å². The number of amides is 1. The molecule has 5 heteroatoms. The molecule has 5 nitrogen and oxygen atoms in total. The molecule has 1 fully saturated rings. The van der Waals surface area contributed by atoms with Crippen LogP contribution >= 0.6 is 0 Å². The molecule has 1 aromatic rings. The van der Waals surface area contributed by atoms with Crippen molar-refractivity contribution in [3.63, 3.8) is 0 Å². The highest BCUT2D eigenvalue weighted by Crippen LogP contribution is 2.33. The number of carbonyl (C=O) groups excluding carboxylic acids is 1. The Hall–Kier alpha value is -1.75. The van der Waals surface area contributed by atoms with Crippen LogP contribution in [-0.4, -0.2) is 38.3 Å². The first-order chi connectivity index (χ1) is 8.34. The Morgan fingerprint density at radius 2 is 2.12 bits per heavy atom. The normalized spacial score (nSPS) is 18.4. The van der Waals surface area contributed by atoms with E-state index in [4.69, 9.17) is 9.47 Å². The third kappa shape index (κ3) is 1.93. The molecule has 17 heavy (non-hydrogen) atoms. The summed E-state index contributed by atoms with van der Waals surface area (Å²) < 4.78 is 10.9. The Labute approximate surface area is 99.1 Å². The number of hydrogen-bond donors (Lipinski definition) is 2. The lowest BCUT2D eigenvalue weighted by Gasteiger charge is -2.28. The van der Waals surface area contributed by atoms with Gasteiger partial charge in [0.1, 0.15) is 13.2 Å². The maximum absolute atomic E-state index is 12.0. The molecule has 2 heterocycles. The van der Waals surface area contributed by atoms with Gasteiger partial charge in [0.25, 0.3) is 5.91 Å². The molecule has 0 unspecified atom stereocenters. The Kier molecular flexibility index (Phi) is 2.60. The summed E-state index contributed by atoms with van der Waals surface area (Å²) >= 11 is 0. The molecular weight excluding hydrogens is 220 g/mol. The third-order valence-corrected chi connectivity index (χ3v) is 2.93. The smallest absolute Gasteiger partial charge is 0.255 e. The topological polar surface area (TPSA) is 59.6 Å².